The van der Waals surface area contributed by atoms with Crippen LogP contribution in [0.15, 0.2) is 18.2 Å². The highest BCUT2D eigenvalue weighted by Gasteiger charge is 2.10. The Kier molecular flexibility index (Phi) is 4.33. The fourth-order valence-corrected chi connectivity index (χ4v) is 1.57. The first-order valence-electron chi connectivity index (χ1n) is 4.94. The highest BCUT2D eigenvalue weighted by atomic mass is 35.5. The zero-order chi connectivity index (χ0) is 12.1. The molecule has 0 saturated heterocycles. The average Bonchev–Trinajstić information content (AvgIpc) is 2.28. The molecule has 0 heterocycles. The number of halogens is 1. The van der Waals surface area contributed by atoms with Crippen LogP contribution in [0.25, 0.3) is 0 Å². The molecule has 1 aromatic carbocycles. The Labute approximate surface area is 100 Å². The van der Waals surface area contributed by atoms with Crippen LogP contribution in [0.4, 0.5) is 5.69 Å². The van der Waals surface area contributed by atoms with Gasteiger partial charge in [-0.15, -0.1) is 0 Å². The highest BCUT2D eigenvalue weighted by Crippen LogP contribution is 2.23. The molecule has 0 amide bonds. The van der Waals surface area contributed by atoms with Crippen molar-refractivity contribution < 1.29 is 4.79 Å². The van der Waals surface area contributed by atoms with Gasteiger partial charge in [0.2, 0.25) is 0 Å². The number of rotatable bonds is 4. The smallest absolute Gasteiger partial charge is 0.151 e. The number of benzene rings is 1. The fraction of sp³-hybridized carbons (Fsp3) is 0.333. The summed E-state index contributed by atoms with van der Waals surface area (Å²) in [7, 11) is 1.90. The monoisotopic (exact) mass is 236 g/mol. The maximum absolute atomic E-state index is 10.6. The van der Waals surface area contributed by atoms with Crippen molar-refractivity contribution >= 4 is 23.6 Å². The lowest BCUT2D eigenvalue weighted by Crippen LogP contribution is -2.28. The third kappa shape index (κ3) is 2.74. The zero-order valence-electron chi connectivity index (χ0n) is 9.27. The number of carbonyl (C=O) groups excluding carboxylic acids is 1. The van der Waals surface area contributed by atoms with Crippen molar-refractivity contribution in [3.63, 3.8) is 0 Å². The summed E-state index contributed by atoms with van der Waals surface area (Å²) in [6.07, 6.45) is 1.17. The van der Waals surface area contributed by atoms with E-state index in [2.05, 4.69) is 6.07 Å². The third-order valence-corrected chi connectivity index (χ3v) is 2.89. The van der Waals surface area contributed by atoms with Gasteiger partial charge in [-0.05, 0) is 25.1 Å². The summed E-state index contributed by atoms with van der Waals surface area (Å²) in [5, 5.41) is 9.05. The van der Waals surface area contributed by atoms with E-state index in [0.29, 0.717) is 17.0 Å². The van der Waals surface area contributed by atoms with E-state index >= 15 is 0 Å². The molecule has 0 aliphatic rings. The molecule has 0 aliphatic heterocycles. The topological polar surface area (TPSA) is 44.1 Å². The summed E-state index contributed by atoms with van der Waals surface area (Å²) < 4.78 is 0. The molecule has 0 spiro atoms. The van der Waals surface area contributed by atoms with Crippen LogP contribution >= 0.6 is 11.6 Å². The lowest BCUT2D eigenvalue weighted by atomic mass is 10.1. The number of carbonyl (C=O) groups is 1. The third-order valence-electron chi connectivity index (χ3n) is 2.57. The van der Waals surface area contributed by atoms with E-state index in [1.54, 1.807) is 12.1 Å². The van der Waals surface area contributed by atoms with Gasteiger partial charge in [0.15, 0.2) is 6.29 Å². The number of nitrogens with zero attached hydrogens (tertiary/aromatic N) is 2. The molecule has 0 fully saturated rings. The lowest BCUT2D eigenvalue weighted by Gasteiger charge is -2.25. The van der Waals surface area contributed by atoms with Gasteiger partial charge in [-0.3, -0.25) is 4.79 Å². The standard InChI is InChI=1S/C12H13ClN2O/c1-9(5-6-14)15(2)11-4-3-10(8-16)12(13)7-11/h3-4,7-9H,5H2,1-2H3. The molecule has 84 valence electrons. The van der Waals surface area contributed by atoms with Crippen molar-refractivity contribution in [1.29, 1.82) is 5.26 Å². The summed E-state index contributed by atoms with van der Waals surface area (Å²) >= 11 is 5.93. The maximum atomic E-state index is 10.6. The average molecular weight is 237 g/mol. The Hall–Kier alpha value is -1.53. The lowest BCUT2D eigenvalue weighted by molar-refractivity contribution is 0.112. The molecule has 16 heavy (non-hydrogen) atoms. The van der Waals surface area contributed by atoms with Gasteiger partial charge in [-0.25, -0.2) is 0 Å². The predicted octanol–water partition coefficient (Wildman–Crippen LogP) is 2.89. The van der Waals surface area contributed by atoms with Crippen LogP contribution in [0.3, 0.4) is 0 Å². The van der Waals surface area contributed by atoms with E-state index in [1.807, 2.05) is 24.9 Å². The Morgan fingerprint density at radius 2 is 2.31 bits per heavy atom. The Morgan fingerprint density at radius 3 is 2.81 bits per heavy atom. The Morgan fingerprint density at radius 1 is 1.62 bits per heavy atom. The minimum absolute atomic E-state index is 0.114. The molecule has 1 aromatic rings. The van der Waals surface area contributed by atoms with Gasteiger partial charge in [0, 0.05) is 24.3 Å². The van der Waals surface area contributed by atoms with E-state index in [9.17, 15) is 4.79 Å². The number of nitriles is 1. The van der Waals surface area contributed by atoms with Crippen LogP contribution in [0.2, 0.25) is 5.02 Å². The molecule has 4 heteroatoms. The summed E-state index contributed by atoms with van der Waals surface area (Å²) in [5.74, 6) is 0. The van der Waals surface area contributed by atoms with Crippen LogP contribution in [-0.2, 0) is 0 Å². The highest BCUT2D eigenvalue weighted by molar-refractivity contribution is 6.33. The Balaban J connectivity index is 2.93. The second-order valence-corrected chi connectivity index (χ2v) is 4.05. The van der Waals surface area contributed by atoms with Crippen LogP contribution in [0.1, 0.15) is 23.7 Å². The first kappa shape index (κ1) is 12.5. The number of aldehydes is 1. The second kappa shape index (κ2) is 5.53. The molecule has 0 aliphatic carbocycles. The molecule has 0 aromatic heterocycles. The minimum atomic E-state index is 0.114. The van der Waals surface area contributed by atoms with Crippen molar-refractivity contribution in [2.24, 2.45) is 0 Å². The van der Waals surface area contributed by atoms with Crippen molar-refractivity contribution in [2.75, 3.05) is 11.9 Å². The molecule has 0 N–H and O–H groups in total. The minimum Gasteiger partial charge on any atom is -0.371 e. The molecular formula is C12H13ClN2O. The van der Waals surface area contributed by atoms with Gasteiger partial charge >= 0.3 is 0 Å². The summed E-state index contributed by atoms with van der Waals surface area (Å²) in [4.78, 5) is 12.6. The normalized spacial score (nSPS) is 11.6. The van der Waals surface area contributed by atoms with Gasteiger partial charge in [-0.1, -0.05) is 11.6 Å². The fourth-order valence-electron chi connectivity index (χ4n) is 1.35. The quantitative estimate of drug-likeness (QED) is 0.755. The zero-order valence-corrected chi connectivity index (χ0v) is 10.0. The predicted molar refractivity (Wildman–Crippen MR) is 64.9 cm³/mol. The van der Waals surface area contributed by atoms with Crippen LogP contribution in [0, 0.1) is 11.3 Å². The van der Waals surface area contributed by atoms with E-state index < -0.39 is 0 Å². The van der Waals surface area contributed by atoms with E-state index in [-0.39, 0.29) is 6.04 Å². The van der Waals surface area contributed by atoms with Crippen LogP contribution < -0.4 is 4.90 Å². The maximum Gasteiger partial charge on any atom is 0.151 e. The first-order valence-corrected chi connectivity index (χ1v) is 5.32. The number of hydrogen-bond donors (Lipinski definition) is 0. The first-order chi connectivity index (χ1) is 7.60. The molecule has 0 bridgehead atoms. The largest absolute Gasteiger partial charge is 0.371 e. The van der Waals surface area contributed by atoms with Crippen molar-refractivity contribution in [2.45, 2.75) is 19.4 Å². The van der Waals surface area contributed by atoms with Crippen molar-refractivity contribution in [3.8, 4) is 6.07 Å². The summed E-state index contributed by atoms with van der Waals surface area (Å²) in [5.41, 5.74) is 1.38. The van der Waals surface area contributed by atoms with Gasteiger partial charge in [0.05, 0.1) is 17.5 Å². The number of hydrogen-bond acceptors (Lipinski definition) is 3. The van der Waals surface area contributed by atoms with Gasteiger partial charge in [0.25, 0.3) is 0 Å². The molecule has 1 rings (SSSR count). The van der Waals surface area contributed by atoms with Gasteiger partial charge in [0.1, 0.15) is 0 Å². The summed E-state index contributed by atoms with van der Waals surface area (Å²) in [6.45, 7) is 1.96. The van der Waals surface area contributed by atoms with Crippen LogP contribution in [0.5, 0.6) is 0 Å². The Bertz CT molecular complexity index is 426. The van der Waals surface area contributed by atoms with E-state index in [0.717, 1.165) is 12.0 Å². The van der Waals surface area contributed by atoms with Gasteiger partial charge in [-0.2, -0.15) is 5.26 Å². The van der Waals surface area contributed by atoms with Gasteiger partial charge < -0.3 is 4.90 Å². The molecule has 0 radical (unpaired) electrons. The molecule has 0 saturated carbocycles. The van der Waals surface area contributed by atoms with Crippen molar-refractivity contribution in [3.05, 3.63) is 28.8 Å². The molecule has 1 atom stereocenters. The van der Waals surface area contributed by atoms with E-state index in [1.165, 1.54) is 0 Å². The van der Waals surface area contributed by atoms with E-state index in [4.69, 9.17) is 16.9 Å². The molecular weight excluding hydrogens is 224 g/mol. The van der Waals surface area contributed by atoms with Crippen molar-refractivity contribution in [1.82, 2.24) is 0 Å². The van der Waals surface area contributed by atoms with Crippen LogP contribution in [-0.4, -0.2) is 19.4 Å². The molecule has 3 nitrogen and oxygen atoms in total. The summed E-state index contributed by atoms with van der Waals surface area (Å²) in [6, 6.07) is 7.48. The molecule has 1 unspecified atom stereocenters. The second-order valence-electron chi connectivity index (χ2n) is 3.65. The SMILES string of the molecule is CC(CC#N)N(C)c1ccc(C=O)c(Cl)c1. The number of anilines is 1.